The van der Waals surface area contributed by atoms with Gasteiger partial charge in [0.25, 0.3) is 0 Å². The van der Waals surface area contributed by atoms with E-state index in [9.17, 15) is 9.59 Å². The van der Waals surface area contributed by atoms with Gasteiger partial charge >= 0.3 is 0 Å². The average molecular weight is 504 g/mol. The molecule has 3 aliphatic carbocycles. The molecule has 0 spiro atoms. The number of amides is 2. The minimum absolute atomic E-state index is 0.0138. The molecule has 6 rings (SSSR count). The van der Waals surface area contributed by atoms with E-state index in [1.807, 2.05) is 20.9 Å². The van der Waals surface area contributed by atoms with E-state index >= 15 is 0 Å². The van der Waals surface area contributed by atoms with Gasteiger partial charge in [-0.1, -0.05) is 70.9 Å². The third-order valence-electron chi connectivity index (χ3n) is 11.4. The number of piperazine rings is 1. The normalized spacial score (nSPS) is 40.1. The van der Waals surface area contributed by atoms with E-state index < -0.39 is 12.1 Å². The molecule has 1 aromatic rings. The zero-order valence-electron chi connectivity index (χ0n) is 23.6. The number of nitrogens with zero attached hydrogens (tertiary/aromatic N) is 1. The van der Waals surface area contributed by atoms with Crippen LogP contribution in [0.1, 0.15) is 85.1 Å². The van der Waals surface area contributed by atoms with E-state index in [1.165, 1.54) is 43.4 Å². The number of carbonyl (C=O) groups excluding carboxylic acids is 2. The number of likely N-dealkylation sites (N-methyl/N-ethyl adjacent to an activating group) is 1. The lowest BCUT2D eigenvalue weighted by Gasteiger charge is -2.61. The number of hydrogen-bond donors (Lipinski definition) is 2. The first kappa shape index (κ1) is 25.0. The number of anilines is 1. The van der Waals surface area contributed by atoms with Crippen molar-refractivity contribution in [3.8, 4) is 0 Å². The molecule has 2 saturated carbocycles. The Labute approximate surface area is 222 Å². The highest BCUT2D eigenvalue weighted by atomic mass is 16.2. The van der Waals surface area contributed by atoms with Crippen LogP contribution in [0.3, 0.4) is 0 Å². The van der Waals surface area contributed by atoms with Crippen LogP contribution in [-0.2, 0) is 15.0 Å². The van der Waals surface area contributed by atoms with Gasteiger partial charge in [0.15, 0.2) is 0 Å². The summed E-state index contributed by atoms with van der Waals surface area (Å²) in [4.78, 5) is 28.6. The standard InChI is InChI=1S/C32H45N3O2/c1-19(2)27-28(36)34-24(29(37)35(27)6)18-32-17-22-20(16-26(32)33-23-11-8-7-10-21(23)32)12-13-25-30(3,4)14-9-15-31(22,25)5/h7-8,10-11,16,19,22,24-27,33H,9,12-15,17-18H2,1-6H3,(H,34,36)/t22-,24-,25-,26+,27-,31+,32-/m0/s1. The maximum absolute atomic E-state index is 13.7. The molecule has 1 aromatic carbocycles. The molecule has 2 aliphatic heterocycles. The van der Waals surface area contributed by atoms with Crippen molar-refractivity contribution in [3.63, 3.8) is 0 Å². The van der Waals surface area contributed by atoms with Crippen molar-refractivity contribution in [2.45, 2.75) is 103 Å². The van der Waals surface area contributed by atoms with E-state index in [1.54, 1.807) is 10.5 Å². The molecule has 2 amide bonds. The van der Waals surface area contributed by atoms with E-state index in [-0.39, 0.29) is 34.6 Å². The molecule has 5 nitrogen and oxygen atoms in total. The Kier molecular flexibility index (Phi) is 5.64. The number of rotatable bonds is 3. The van der Waals surface area contributed by atoms with Gasteiger partial charge in [0, 0.05) is 18.2 Å². The third-order valence-corrected chi connectivity index (χ3v) is 11.4. The van der Waals surface area contributed by atoms with Gasteiger partial charge in [-0.25, -0.2) is 0 Å². The van der Waals surface area contributed by atoms with Crippen molar-refractivity contribution in [1.29, 1.82) is 0 Å². The minimum Gasteiger partial charge on any atom is -0.378 e. The SMILES string of the molecule is CC(C)[C@H]1C(=O)N[C@@H](C[C@]23C[C@H]4C(=C[C@H]2Nc2ccccc23)CC[C@H]2C(C)(C)CCC[C@]42C)C(=O)N1C. The molecule has 0 aromatic heterocycles. The van der Waals surface area contributed by atoms with E-state index in [0.29, 0.717) is 17.8 Å². The molecule has 1 saturated heterocycles. The second-order valence-electron chi connectivity index (χ2n) is 14.2. The van der Waals surface area contributed by atoms with Gasteiger partial charge in [0.1, 0.15) is 12.1 Å². The summed E-state index contributed by atoms with van der Waals surface area (Å²) >= 11 is 0. The van der Waals surface area contributed by atoms with Crippen LogP contribution in [0, 0.1) is 28.6 Å². The lowest BCUT2D eigenvalue weighted by molar-refractivity contribution is -0.150. The molecule has 5 heteroatoms. The monoisotopic (exact) mass is 503 g/mol. The van der Waals surface area contributed by atoms with Gasteiger partial charge in [-0.15, -0.1) is 0 Å². The maximum Gasteiger partial charge on any atom is 0.245 e. The Balaban J connectivity index is 1.41. The van der Waals surface area contributed by atoms with Gasteiger partial charge in [-0.3, -0.25) is 9.59 Å². The zero-order valence-corrected chi connectivity index (χ0v) is 23.6. The van der Waals surface area contributed by atoms with Gasteiger partial charge in [0.2, 0.25) is 11.8 Å². The molecular formula is C32H45N3O2. The molecule has 2 N–H and O–H groups in total. The topological polar surface area (TPSA) is 61.4 Å². The Morgan fingerprint density at radius 3 is 2.59 bits per heavy atom. The van der Waals surface area contributed by atoms with Crippen LogP contribution in [0.4, 0.5) is 5.69 Å². The Hall–Kier alpha value is -2.30. The lowest BCUT2D eigenvalue weighted by atomic mass is 9.44. The van der Waals surface area contributed by atoms with Crippen molar-refractivity contribution >= 4 is 17.5 Å². The Bertz CT molecular complexity index is 1150. The van der Waals surface area contributed by atoms with Crippen molar-refractivity contribution in [2.75, 3.05) is 12.4 Å². The molecule has 37 heavy (non-hydrogen) atoms. The molecular weight excluding hydrogens is 458 g/mol. The summed E-state index contributed by atoms with van der Waals surface area (Å²) in [6, 6.07) is 7.97. The smallest absolute Gasteiger partial charge is 0.245 e. The molecule has 2 heterocycles. The summed E-state index contributed by atoms with van der Waals surface area (Å²) in [5.41, 5.74) is 4.59. The Morgan fingerprint density at radius 2 is 1.84 bits per heavy atom. The predicted molar refractivity (Wildman–Crippen MR) is 148 cm³/mol. The van der Waals surface area contributed by atoms with Gasteiger partial charge in [-0.2, -0.15) is 0 Å². The zero-order chi connectivity index (χ0) is 26.3. The fourth-order valence-corrected chi connectivity index (χ4v) is 9.76. The number of hydrogen-bond acceptors (Lipinski definition) is 3. The maximum atomic E-state index is 13.7. The fourth-order valence-electron chi connectivity index (χ4n) is 9.76. The van der Waals surface area contributed by atoms with Crippen LogP contribution >= 0.6 is 0 Å². The minimum atomic E-state index is -0.493. The molecule has 3 fully saturated rings. The van der Waals surface area contributed by atoms with Gasteiger partial charge < -0.3 is 15.5 Å². The number of nitrogens with one attached hydrogen (secondary N) is 2. The number of para-hydroxylation sites is 1. The van der Waals surface area contributed by atoms with Crippen molar-refractivity contribution in [2.24, 2.45) is 28.6 Å². The predicted octanol–water partition coefficient (Wildman–Crippen LogP) is 5.66. The summed E-state index contributed by atoms with van der Waals surface area (Å²) in [6.07, 6.45) is 10.6. The second-order valence-corrected chi connectivity index (χ2v) is 14.2. The molecule has 0 bridgehead atoms. The number of allylic oxidation sites excluding steroid dienone is 1. The number of benzene rings is 1. The van der Waals surface area contributed by atoms with Crippen LogP contribution in [0.15, 0.2) is 35.9 Å². The first-order valence-electron chi connectivity index (χ1n) is 14.6. The molecule has 0 radical (unpaired) electrons. The third kappa shape index (κ3) is 3.55. The first-order chi connectivity index (χ1) is 17.5. The van der Waals surface area contributed by atoms with Gasteiger partial charge in [-0.05, 0) is 78.7 Å². The number of fused-ring (bicyclic) bond motifs is 6. The summed E-state index contributed by atoms with van der Waals surface area (Å²) in [7, 11) is 1.81. The largest absolute Gasteiger partial charge is 0.378 e. The summed E-state index contributed by atoms with van der Waals surface area (Å²) in [5.74, 6) is 1.37. The van der Waals surface area contributed by atoms with Crippen molar-refractivity contribution in [1.82, 2.24) is 10.2 Å². The van der Waals surface area contributed by atoms with Crippen LogP contribution in [0.2, 0.25) is 0 Å². The molecule has 0 unspecified atom stereocenters. The number of carbonyl (C=O) groups is 2. The summed E-state index contributed by atoms with van der Waals surface area (Å²) < 4.78 is 0. The van der Waals surface area contributed by atoms with Crippen LogP contribution < -0.4 is 10.6 Å². The van der Waals surface area contributed by atoms with E-state index in [2.05, 4.69) is 61.7 Å². The first-order valence-corrected chi connectivity index (χ1v) is 14.6. The lowest BCUT2D eigenvalue weighted by Crippen LogP contribution is -2.65. The molecule has 7 atom stereocenters. The molecule has 5 aliphatic rings. The highest BCUT2D eigenvalue weighted by Crippen LogP contribution is 2.66. The average Bonchev–Trinajstić information content (AvgIpc) is 3.14. The Morgan fingerprint density at radius 1 is 1.08 bits per heavy atom. The van der Waals surface area contributed by atoms with Crippen LogP contribution in [0.5, 0.6) is 0 Å². The highest BCUT2D eigenvalue weighted by Gasteiger charge is 2.60. The van der Waals surface area contributed by atoms with Crippen LogP contribution in [0.25, 0.3) is 0 Å². The second kappa shape index (κ2) is 8.35. The summed E-state index contributed by atoms with van der Waals surface area (Å²) in [6.45, 7) is 11.6. The summed E-state index contributed by atoms with van der Waals surface area (Å²) in [5, 5.41) is 7.04. The fraction of sp³-hybridized carbons (Fsp3) is 0.688. The van der Waals surface area contributed by atoms with Crippen molar-refractivity contribution in [3.05, 3.63) is 41.5 Å². The van der Waals surface area contributed by atoms with E-state index in [0.717, 1.165) is 12.3 Å². The van der Waals surface area contributed by atoms with Crippen molar-refractivity contribution < 1.29 is 9.59 Å². The molecule has 200 valence electrons. The highest BCUT2D eigenvalue weighted by molar-refractivity contribution is 5.97. The van der Waals surface area contributed by atoms with Crippen LogP contribution in [-0.4, -0.2) is 41.9 Å². The quantitative estimate of drug-likeness (QED) is 0.523. The van der Waals surface area contributed by atoms with E-state index in [4.69, 9.17) is 0 Å². The van der Waals surface area contributed by atoms with Gasteiger partial charge in [0.05, 0.1) is 6.04 Å².